The second kappa shape index (κ2) is 8.05. The zero-order valence-corrected chi connectivity index (χ0v) is 16.3. The third-order valence-electron chi connectivity index (χ3n) is 5.35. The van der Waals surface area contributed by atoms with Gasteiger partial charge in [-0.25, -0.2) is 4.39 Å². The van der Waals surface area contributed by atoms with Crippen molar-refractivity contribution in [3.8, 4) is 0 Å². The fourth-order valence-electron chi connectivity index (χ4n) is 4.11. The van der Waals surface area contributed by atoms with Gasteiger partial charge in [0.25, 0.3) is 0 Å². The molecule has 1 amide bonds. The van der Waals surface area contributed by atoms with Crippen molar-refractivity contribution >= 4 is 17.5 Å². The first-order valence-corrected chi connectivity index (χ1v) is 9.42. The molecule has 2 aromatic rings. The van der Waals surface area contributed by atoms with E-state index in [9.17, 15) is 18.8 Å². The highest BCUT2D eigenvalue weighted by molar-refractivity contribution is 6.15. The van der Waals surface area contributed by atoms with Gasteiger partial charge in [-0.3, -0.25) is 14.4 Å². The number of carbonyl (C=O) groups is 3. The van der Waals surface area contributed by atoms with Crippen LogP contribution in [0.4, 0.5) is 4.39 Å². The molecule has 2 unspecified atom stereocenters. The molecule has 1 aliphatic rings. The van der Waals surface area contributed by atoms with E-state index >= 15 is 0 Å². The first kappa shape index (κ1) is 19.9. The van der Waals surface area contributed by atoms with Crippen molar-refractivity contribution in [2.45, 2.75) is 46.1 Å². The summed E-state index contributed by atoms with van der Waals surface area (Å²) in [5, 5.41) is 2.64. The molecule has 28 heavy (non-hydrogen) atoms. The summed E-state index contributed by atoms with van der Waals surface area (Å²) in [6.45, 7) is 5.85. The number of amides is 1. The quantitative estimate of drug-likeness (QED) is 0.804. The Bertz CT molecular complexity index is 928. The topological polar surface area (TPSA) is 63.2 Å². The van der Waals surface area contributed by atoms with Gasteiger partial charge in [0.05, 0.1) is 0 Å². The number of halogens is 1. The maximum absolute atomic E-state index is 13.7. The average molecular weight is 381 g/mol. The van der Waals surface area contributed by atoms with Crippen molar-refractivity contribution in [2.24, 2.45) is 5.92 Å². The van der Waals surface area contributed by atoms with Crippen LogP contribution in [0.2, 0.25) is 0 Å². The number of carbonyl (C=O) groups excluding carboxylic acids is 3. The third-order valence-corrected chi connectivity index (χ3v) is 5.35. The third kappa shape index (κ3) is 4.03. The van der Waals surface area contributed by atoms with Crippen molar-refractivity contribution in [1.29, 1.82) is 0 Å². The van der Waals surface area contributed by atoms with Crippen molar-refractivity contribution in [1.82, 2.24) is 5.32 Å². The first-order chi connectivity index (χ1) is 13.3. The molecule has 2 atom stereocenters. The Morgan fingerprint density at radius 3 is 2.39 bits per heavy atom. The maximum atomic E-state index is 13.7. The van der Waals surface area contributed by atoms with E-state index in [4.69, 9.17) is 0 Å². The van der Waals surface area contributed by atoms with Gasteiger partial charge in [-0.2, -0.15) is 0 Å². The Balaban J connectivity index is 1.69. The molecule has 2 aromatic carbocycles. The number of hydrogen-bond acceptors (Lipinski definition) is 3. The summed E-state index contributed by atoms with van der Waals surface area (Å²) < 4.78 is 13.7. The number of benzene rings is 2. The molecule has 4 nitrogen and oxygen atoms in total. The predicted molar refractivity (Wildman–Crippen MR) is 104 cm³/mol. The molecule has 146 valence electrons. The molecule has 0 spiro atoms. The van der Waals surface area contributed by atoms with Crippen molar-refractivity contribution in [3.63, 3.8) is 0 Å². The van der Waals surface area contributed by atoms with E-state index < -0.39 is 11.8 Å². The number of ketones is 2. The highest BCUT2D eigenvalue weighted by Crippen LogP contribution is 2.37. The largest absolute Gasteiger partial charge is 0.352 e. The molecule has 1 N–H and O–H groups in total. The normalized spacial score (nSPS) is 19.1. The van der Waals surface area contributed by atoms with Gasteiger partial charge < -0.3 is 5.32 Å². The van der Waals surface area contributed by atoms with Crippen LogP contribution in [0.3, 0.4) is 0 Å². The standard InChI is InChI=1S/C23H24FNO3/c1-13-8-14(2)21(15(3)9-13)22-19(26)10-17(23(22)28)11-20(27)25-12-16-6-4-5-7-18(16)24/h4-9,17,22H,10-12H2,1-3H3,(H,25,27). The molecule has 0 aromatic heterocycles. The Morgan fingerprint density at radius 1 is 1.11 bits per heavy atom. The van der Waals surface area contributed by atoms with Gasteiger partial charge in [0.2, 0.25) is 5.91 Å². The second-order valence-electron chi connectivity index (χ2n) is 7.59. The summed E-state index contributed by atoms with van der Waals surface area (Å²) >= 11 is 0. The summed E-state index contributed by atoms with van der Waals surface area (Å²) in [5.74, 6) is -2.48. The minimum absolute atomic E-state index is 0.0555. The smallest absolute Gasteiger partial charge is 0.221 e. The van der Waals surface area contributed by atoms with Crippen LogP contribution in [0.25, 0.3) is 0 Å². The van der Waals surface area contributed by atoms with Gasteiger partial charge in [0, 0.05) is 30.9 Å². The minimum atomic E-state index is -0.787. The number of hydrogen-bond donors (Lipinski definition) is 1. The van der Waals surface area contributed by atoms with E-state index in [0.29, 0.717) is 5.56 Å². The lowest BCUT2D eigenvalue weighted by molar-refractivity contribution is -0.128. The van der Waals surface area contributed by atoms with Crippen LogP contribution in [0, 0.1) is 32.5 Å². The highest BCUT2D eigenvalue weighted by atomic mass is 19.1. The Kier molecular flexibility index (Phi) is 5.73. The van der Waals surface area contributed by atoms with Crippen LogP contribution in [0.5, 0.6) is 0 Å². The van der Waals surface area contributed by atoms with E-state index in [2.05, 4.69) is 5.32 Å². The average Bonchev–Trinajstić information content (AvgIpc) is 2.88. The van der Waals surface area contributed by atoms with Crippen LogP contribution < -0.4 is 5.32 Å². The molecule has 1 fully saturated rings. The number of nitrogens with one attached hydrogen (secondary N) is 1. The van der Waals surface area contributed by atoms with Crippen molar-refractivity contribution in [3.05, 3.63) is 70.0 Å². The van der Waals surface area contributed by atoms with Gasteiger partial charge in [0.15, 0.2) is 5.78 Å². The van der Waals surface area contributed by atoms with Gasteiger partial charge >= 0.3 is 0 Å². The molecule has 0 bridgehead atoms. The summed E-state index contributed by atoms with van der Waals surface area (Å²) in [6, 6.07) is 10.1. The van der Waals surface area contributed by atoms with E-state index in [1.807, 2.05) is 32.9 Å². The van der Waals surface area contributed by atoms with E-state index in [0.717, 1.165) is 22.3 Å². The van der Waals surface area contributed by atoms with Crippen LogP contribution in [0.15, 0.2) is 36.4 Å². The second-order valence-corrected chi connectivity index (χ2v) is 7.59. The maximum Gasteiger partial charge on any atom is 0.221 e. The molecule has 0 saturated heterocycles. The van der Waals surface area contributed by atoms with Crippen LogP contribution in [0.1, 0.15) is 46.6 Å². The molecule has 0 heterocycles. The minimum Gasteiger partial charge on any atom is -0.352 e. The molecular formula is C23H24FNO3. The van der Waals surface area contributed by atoms with Gasteiger partial charge in [-0.05, 0) is 43.5 Å². The SMILES string of the molecule is Cc1cc(C)c(C2C(=O)CC(CC(=O)NCc3ccccc3F)C2=O)c(C)c1. The van der Waals surface area contributed by atoms with Crippen LogP contribution in [-0.4, -0.2) is 17.5 Å². The molecule has 3 rings (SSSR count). The summed E-state index contributed by atoms with van der Waals surface area (Å²) in [6.07, 6.45) is 0.0167. The number of aryl methyl sites for hydroxylation is 3. The molecule has 0 aliphatic heterocycles. The lowest BCUT2D eigenvalue weighted by atomic mass is 9.86. The first-order valence-electron chi connectivity index (χ1n) is 9.42. The zero-order chi connectivity index (χ0) is 20.4. The summed E-state index contributed by atoms with van der Waals surface area (Å²) in [4.78, 5) is 37.8. The van der Waals surface area contributed by atoms with E-state index in [1.165, 1.54) is 6.07 Å². The van der Waals surface area contributed by atoms with Crippen LogP contribution >= 0.6 is 0 Å². The Morgan fingerprint density at radius 2 is 1.75 bits per heavy atom. The van der Waals surface area contributed by atoms with Crippen LogP contribution in [-0.2, 0) is 20.9 Å². The molecule has 1 saturated carbocycles. The molecule has 0 radical (unpaired) electrons. The molecular weight excluding hydrogens is 357 g/mol. The molecule has 5 heteroatoms. The summed E-state index contributed by atoms with van der Waals surface area (Å²) in [7, 11) is 0. The number of Topliss-reactive ketones (excluding diaryl/α,β-unsaturated/α-hetero) is 2. The van der Waals surface area contributed by atoms with Gasteiger partial charge in [-0.1, -0.05) is 35.9 Å². The zero-order valence-electron chi connectivity index (χ0n) is 16.3. The fourth-order valence-corrected chi connectivity index (χ4v) is 4.11. The van der Waals surface area contributed by atoms with Gasteiger partial charge in [0.1, 0.15) is 17.5 Å². The highest BCUT2D eigenvalue weighted by Gasteiger charge is 2.43. The van der Waals surface area contributed by atoms with Crippen molar-refractivity contribution < 1.29 is 18.8 Å². The predicted octanol–water partition coefficient (Wildman–Crippen LogP) is 3.70. The van der Waals surface area contributed by atoms with E-state index in [1.54, 1.807) is 18.2 Å². The Hall–Kier alpha value is -2.82. The lowest BCUT2D eigenvalue weighted by Gasteiger charge is -2.16. The Labute approximate surface area is 164 Å². The van der Waals surface area contributed by atoms with Crippen molar-refractivity contribution in [2.75, 3.05) is 0 Å². The lowest BCUT2D eigenvalue weighted by Crippen LogP contribution is -2.27. The number of rotatable bonds is 5. The monoisotopic (exact) mass is 381 g/mol. The molecule has 1 aliphatic carbocycles. The summed E-state index contributed by atoms with van der Waals surface area (Å²) in [5.41, 5.74) is 4.09. The van der Waals surface area contributed by atoms with Gasteiger partial charge in [-0.15, -0.1) is 0 Å². The van der Waals surface area contributed by atoms with E-state index in [-0.39, 0.29) is 42.7 Å². The fraction of sp³-hybridized carbons (Fsp3) is 0.348.